The highest BCUT2D eigenvalue weighted by atomic mass is 15.1. The summed E-state index contributed by atoms with van der Waals surface area (Å²) in [6, 6.07) is 22.9. The fourth-order valence-corrected chi connectivity index (χ4v) is 4.89. The van der Waals surface area contributed by atoms with Crippen molar-refractivity contribution in [1.82, 2.24) is 4.90 Å². The van der Waals surface area contributed by atoms with Crippen molar-refractivity contribution in [1.29, 1.82) is 0 Å². The number of nitrogens with zero attached hydrogens (tertiary/aromatic N) is 2. The minimum Gasteiger partial charge on any atom is -0.372 e. The van der Waals surface area contributed by atoms with Gasteiger partial charge < -0.3 is 9.80 Å². The summed E-state index contributed by atoms with van der Waals surface area (Å²) in [5, 5.41) is 2.67. The minimum atomic E-state index is 0.457. The van der Waals surface area contributed by atoms with Gasteiger partial charge in [-0.2, -0.15) is 0 Å². The third kappa shape index (κ3) is 3.23. The summed E-state index contributed by atoms with van der Waals surface area (Å²) in [4.78, 5) is 5.05. The number of hydrogen-bond acceptors (Lipinski definition) is 2. The lowest BCUT2D eigenvalue weighted by molar-refractivity contribution is 0.295. The number of benzene rings is 3. The van der Waals surface area contributed by atoms with Crippen molar-refractivity contribution in [3.8, 4) is 0 Å². The lowest BCUT2D eigenvalue weighted by Gasteiger charge is -2.35. The molecule has 0 aliphatic carbocycles. The SMILES string of the molecule is CN1Cc2cc(N3CCCCC3)ccc2C(c2ccc3ccccc3c2)C1. The van der Waals surface area contributed by atoms with Crippen molar-refractivity contribution >= 4 is 16.5 Å². The molecule has 2 aliphatic rings. The fraction of sp³-hybridized carbons (Fsp3) is 0.360. The van der Waals surface area contributed by atoms with Gasteiger partial charge in [-0.25, -0.2) is 0 Å². The van der Waals surface area contributed by atoms with Crippen LogP contribution in [0.1, 0.15) is 41.9 Å². The third-order valence-electron chi connectivity index (χ3n) is 6.33. The maximum atomic E-state index is 2.57. The smallest absolute Gasteiger partial charge is 0.0369 e. The molecule has 2 nitrogen and oxygen atoms in total. The van der Waals surface area contributed by atoms with E-state index >= 15 is 0 Å². The highest BCUT2D eigenvalue weighted by Gasteiger charge is 2.26. The van der Waals surface area contributed by atoms with Crippen LogP contribution < -0.4 is 4.90 Å². The first-order valence-electron chi connectivity index (χ1n) is 10.3. The van der Waals surface area contributed by atoms with Gasteiger partial charge in [-0.1, -0.05) is 48.5 Å². The minimum absolute atomic E-state index is 0.457. The van der Waals surface area contributed by atoms with E-state index in [1.165, 1.54) is 65.5 Å². The summed E-state index contributed by atoms with van der Waals surface area (Å²) in [5.41, 5.74) is 5.88. The zero-order valence-electron chi connectivity index (χ0n) is 16.2. The van der Waals surface area contributed by atoms with Crippen LogP contribution in [0.5, 0.6) is 0 Å². The Morgan fingerprint density at radius 2 is 1.63 bits per heavy atom. The van der Waals surface area contributed by atoms with Crippen molar-refractivity contribution in [3.63, 3.8) is 0 Å². The van der Waals surface area contributed by atoms with E-state index < -0.39 is 0 Å². The van der Waals surface area contributed by atoms with Crippen LogP contribution in [-0.2, 0) is 6.54 Å². The molecule has 0 radical (unpaired) electrons. The summed E-state index contributed by atoms with van der Waals surface area (Å²) >= 11 is 0. The van der Waals surface area contributed by atoms with Gasteiger partial charge in [-0.3, -0.25) is 0 Å². The van der Waals surface area contributed by atoms with E-state index in [0.29, 0.717) is 5.92 Å². The monoisotopic (exact) mass is 356 g/mol. The fourth-order valence-electron chi connectivity index (χ4n) is 4.89. The molecule has 0 aromatic heterocycles. The molecule has 0 spiro atoms. The van der Waals surface area contributed by atoms with E-state index in [1.807, 2.05) is 0 Å². The van der Waals surface area contributed by atoms with Gasteiger partial charge in [0.1, 0.15) is 0 Å². The molecule has 2 aliphatic heterocycles. The van der Waals surface area contributed by atoms with Crippen LogP contribution in [0.4, 0.5) is 5.69 Å². The molecule has 2 heteroatoms. The predicted octanol–water partition coefficient (Wildman–Crippen LogP) is 5.41. The second-order valence-electron chi connectivity index (χ2n) is 8.29. The normalized spacial score (nSPS) is 20.6. The number of piperidine rings is 1. The van der Waals surface area contributed by atoms with E-state index in [9.17, 15) is 0 Å². The van der Waals surface area contributed by atoms with Gasteiger partial charge in [-0.15, -0.1) is 0 Å². The second kappa shape index (κ2) is 7.01. The van der Waals surface area contributed by atoms with Crippen molar-refractivity contribution in [2.75, 3.05) is 31.6 Å². The molecule has 1 saturated heterocycles. The van der Waals surface area contributed by atoms with E-state index in [1.54, 1.807) is 0 Å². The van der Waals surface area contributed by atoms with Crippen molar-refractivity contribution in [2.24, 2.45) is 0 Å². The number of fused-ring (bicyclic) bond motifs is 2. The first-order valence-corrected chi connectivity index (χ1v) is 10.3. The van der Waals surface area contributed by atoms with E-state index in [-0.39, 0.29) is 0 Å². The highest BCUT2D eigenvalue weighted by molar-refractivity contribution is 5.83. The van der Waals surface area contributed by atoms with Gasteiger partial charge in [0, 0.05) is 37.8 Å². The van der Waals surface area contributed by atoms with Gasteiger partial charge in [0.25, 0.3) is 0 Å². The summed E-state index contributed by atoms with van der Waals surface area (Å²) in [5.74, 6) is 0.457. The standard InChI is InChI=1S/C25H28N2/c1-26-17-22-16-23(27-13-5-2-6-14-27)11-12-24(22)25(18-26)21-10-9-19-7-3-4-8-20(19)15-21/h3-4,7-12,15-16,25H,2,5-6,13-14,17-18H2,1H3. The van der Waals surface area contributed by atoms with Crippen molar-refractivity contribution in [3.05, 3.63) is 77.4 Å². The molecule has 27 heavy (non-hydrogen) atoms. The largest absolute Gasteiger partial charge is 0.372 e. The lowest BCUT2D eigenvalue weighted by Crippen LogP contribution is -2.32. The predicted molar refractivity (Wildman–Crippen MR) is 115 cm³/mol. The molecular weight excluding hydrogens is 328 g/mol. The zero-order valence-corrected chi connectivity index (χ0v) is 16.2. The van der Waals surface area contributed by atoms with E-state index in [0.717, 1.165) is 13.1 Å². The molecule has 0 saturated carbocycles. The van der Waals surface area contributed by atoms with Gasteiger partial charge in [0.2, 0.25) is 0 Å². The van der Waals surface area contributed by atoms with Crippen LogP contribution in [-0.4, -0.2) is 31.6 Å². The third-order valence-corrected chi connectivity index (χ3v) is 6.33. The molecule has 1 unspecified atom stereocenters. The molecule has 2 heterocycles. The first-order chi connectivity index (χ1) is 13.3. The average molecular weight is 357 g/mol. The summed E-state index contributed by atoms with van der Waals surface area (Å²) in [6.45, 7) is 4.57. The Bertz CT molecular complexity index is 955. The molecule has 1 atom stereocenters. The maximum absolute atomic E-state index is 2.57. The van der Waals surface area contributed by atoms with Gasteiger partial charge >= 0.3 is 0 Å². The Morgan fingerprint density at radius 3 is 2.48 bits per heavy atom. The van der Waals surface area contributed by atoms with Crippen molar-refractivity contribution in [2.45, 2.75) is 31.7 Å². The van der Waals surface area contributed by atoms with E-state index in [2.05, 4.69) is 77.5 Å². The first kappa shape index (κ1) is 16.8. The summed E-state index contributed by atoms with van der Waals surface area (Å²) in [7, 11) is 2.25. The second-order valence-corrected chi connectivity index (χ2v) is 8.29. The topological polar surface area (TPSA) is 6.48 Å². The molecule has 138 valence electrons. The molecule has 0 N–H and O–H groups in total. The summed E-state index contributed by atoms with van der Waals surface area (Å²) < 4.78 is 0. The Balaban J connectivity index is 1.53. The molecule has 3 aromatic rings. The van der Waals surface area contributed by atoms with Crippen LogP contribution in [0, 0.1) is 0 Å². The molecule has 5 rings (SSSR count). The quantitative estimate of drug-likeness (QED) is 0.606. The zero-order chi connectivity index (χ0) is 18.2. The molecular formula is C25H28N2. The van der Waals surface area contributed by atoms with Crippen LogP contribution in [0.15, 0.2) is 60.7 Å². The van der Waals surface area contributed by atoms with Gasteiger partial charge in [0.05, 0.1) is 0 Å². The number of likely N-dealkylation sites (N-methyl/N-ethyl adjacent to an activating group) is 1. The Hall–Kier alpha value is -2.32. The van der Waals surface area contributed by atoms with Crippen LogP contribution in [0.2, 0.25) is 0 Å². The molecule has 0 bridgehead atoms. The van der Waals surface area contributed by atoms with Crippen molar-refractivity contribution < 1.29 is 0 Å². The lowest BCUT2D eigenvalue weighted by atomic mass is 9.84. The summed E-state index contributed by atoms with van der Waals surface area (Å²) in [6.07, 6.45) is 4.04. The molecule has 0 amide bonds. The molecule has 3 aromatic carbocycles. The Kier molecular flexibility index (Phi) is 4.37. The maximum Gasteiger partial charge on any atom is 0.0369 e. The van der Waals surface area contributed by atoms with Gasteiger partial charge in [-0.05, 0) is 65.9 Å². The average Bonchev–Trinajstić information content (AvgIpc) is 2.73. The van der Waals surface area contributed by atoms with Crippen LogP contribution in [0.3, 0.4) is 0 Å². The number of hydrogen-bond donors (Lipinski definition) is 0. The molecule has 1 fully saturated rings. The Labute approximate surface area is 162 Å². The number of anilines is 1. The van der Waals surface area contributed by atoms with Crippen LogP contribution >= 0.6 is 0 Å². The highest BCUT2D eigenvalue weighted by Crippen LogP contribution is 2.36. The Morgan fingerprint density at radius 1 is 0.815 bits per heavy atom. The van der Waals surface area contributed by atoms with Crippen LogP contribution in [0.25, 0.3) is 10.8 Å². The van der Waals surface area contributed by atoms with E-state index in [4.69, 9.17) is 0 Å². The van der Waals surface area contributed by atoms with Gasteiger partial charge in [0.15, 0.2) is 0 Å². The number of rotatable bonds is 2.